The standard InChI is InChI=1S/C27H30N2O2/c1-20-14-23(15-21-8-4-3-5-9-21)17-26(28-20)24-11-7-13-29(19-24)27(30)18-22-10-6-12-25(16-22)31-2/h3-6,8-10,12,14,16-17,24H,7,11,13,15,18-19H2,1-2H3/t24-/m0/s1. The molecule has 4 heteroatoms. The second-order valence-electron chi connectivity index (χ2n) is 8.41. The van der Waals surface area contributed by atoms with Crippen LogP contribution in [0.5, 0.6) is 5.75 Å². The Kier molecular flexibility index (Phi) is 6.66. The number of hydrogen-bond donors (Lipinski definition) is 0. The van der Waals surface area contributed by atoms with Crippen molar-refractivity contribution in [3.63, 3.8) is 0 Å². The highest BCUT2D eigenvalue weighted by Crippen LogP contribution is 2.28. The van der Waals surface area contributed by atoms with Crippen molar-refractivity contribution in [3.05, 3.63) is 94.8 Å². The molecule has 0 bridgehead atoms. The zero-order chi connectivity index (χ0) is 21.6. The Morgan fingerprint density at radius 1 is 1.03 bits per heavy atom. The number of methoxy groups -OCH3 is 1. The number of ether oxygens (including phenoxy) is 1. The van der Waals surface area contributed by atoms with Crippen LogP contribution in [0.15, 0.2) is 66.7 Å². The molecule has 160 valence electrons. The summed E-state index contributed by atoms with van der Waals surface area (Å²) in [6.45, 7) is 3.62. The number of aromatic nitrogens is 1. The van der Waals surface area contributed by atoms with Crippen LogP contribution in [0.3, 0.4) is 0 Å². The van der Waals surface area contributed by atoms with Crippen molar-refractivity contribution >= 4 is 5.91 Å². The van der Waals surface area contributed by atoms with Crippen LogP contribution in [0.1, 0.15) is 46.8 Å². The van der Waals surface area contributed by atoms with Crippen molar-refractivity contribution in [2.45, 2.75) is 38.5 Å². The van der Waals surface area contributed by atoms with Crippen molar-refractivity contribution in [3.8, 4) is 5.75 Å². The lowest BCUT2D eigenvalue weighted by Crippen LogP contribution is -2.40. The predicted molar refractivity (Wildman–Crippen MR) is 123 cm³/mol. The number of benzene rings is 2. The first kappa shape index (κ1) is 21.1. The summed E-state index contributed by atoms with van der Waals surface area (Å²) < 4.78 is 5.29. The Morgan fingerprint density at radius 3 is 2.65 bits per heavy atom. The molecule has 1 aliphatic rings. The number of piperidine rings is 1. The zero-order valence-corrected chi connectivity index (χ0v) is 18.4. The second kappa shape index (κ2) is 9.78. The SMILES string of the molecule is COc1cccc(CC(=O)N2CCC[C@H](c3cc(Cc4ccccc4)cc(C)n3)C2)c1. The summed E-state index contributed by atoms with van der Waals surface area (Å²) in [7, 11) is 1.65. The van der Waals surface area contributed by atoms with Crippen LogP contribution in [0.2, 0.25) is 0 Å². The average molecular weight is 415 g/mol. The Bertz CT molecular complexity index is 1030. The molecule has 31 heavy (non-hydrogen) atoms. The molecule has 0 N–H and O–H groups in total. The summed E-state index contributed by atoms with van der Waals surface area (Å²) in [5.74, 6) is 1.25. The summed E-state index contributed by atoms with van der Waals surface area (Å²) in [4.78, 5) is 19.8. The van der Waals surface area contributed by atoms with E-state index >= 15 is 0 Å². The van der Waals surface area contributed by atoms with E-state index in [1.165, 1.54) is 11.1 Å². The van der Waals surface area contributed by atoms with E-state index in [2.05, 4.69) is 43.3 Å². The molecule has 1 atom stereocenters. The minimum atomic E-state index is 0.176. The fraction of sp³-hybridized carbons (Fsp3) is 0.333. The van der Waals surface area contributed by atoms with Gasteiger partial charge in [-0.25, -0.2) is 0 Å². The second-order valence-corrected chi connectivity index (χ2v) is 8.41. The normalized spacial score (nSPS) is 16.2. The minimum absolute atomic E-state index is 0.176. The van der Waals surface area contributed by atoms with Crippen molar-refractivity contribution in [2.75, 3.05) is 20.2 Å². The molecule has 3 aromatic rings. The number of carbonyl (C=O) groups is 1. The van der Waals surface area contributed by atoms with E-state index < -0.39 is 0 Å². The third-order valence-electron chi connectivity index (χ3n) is 5.97. The highest BCUT2D eigenvalue weighted by molar-refractivity contribution is 5.79. The molecular formula is C27H30N2O2. The Morgan fingerprint density at radius 2 is 1.84 bits per heavy atom. The van der Waals surface area contributed by atoms with E-state index in [4.69, 9.17) is 9.72 Å². The van der Waals surface area contributed by atoms with Crippen LogP contribution in [0.4, 0.5) is 0 Å². The Hall–Kier alpha value is -3.14. The largest absolute Gasteiger partial charge is 0.497 e. The average Bonchev–Trinajstić information content (AvgIpc) is 2.79. The summed E-state index contributed by atoms with van der Waals surface area (Å²) >= 11 is 0. The van der Waals surface area contributed by atoms with Gasteiger partial charge in [-0.05, 0) is 67.1 Å². The number of rotatable bonds is 6. The number of pyridine rings is 1. The first-order valence-electron chi connectivity index (χ1n) is 11.0. The number of hydrogen-bond acceptors (Lipinski definition) is 3. The number of aryl methyl sites for hydroxylation is 1. The molecule has 2 heterocycles. The maximum absolute atomic E-state index is 13.0. The van der Waals surface area contributed by atoms with Crippen molar-refractivity contribution in [1.82, 2.24) is 9.88 Å². The van der Waals surface area contributed by atoms with Gasteiger partial charge in [0.2, 0.25) is 5.91 Å². The van der Waals surface area contributed by atoms with Gasteiger partial charge in [-0.1, -0.05) is 42.5 Å². The molecule has 4 rings (SSSR count). The molecular weight excluding hydrogens is 384 g/mol. The maximum atomic E-state index is 13.0. The highest BCUT2D eigenvalue weighted by atomic mass is 16.5. The summed E-state index contributed by atoms with van der Waals surface area (Å²) in [6, 6.07) is 22.7. The van der Waals surface area contributed by atoms with Gasteiger partial charge < -0.3 is 9.64 Å². The topological polar surface area (TPSA) is 42.4 Å². The lowest BCUT2D eigenvalue weighted by Gasteiger charge is -2.33. The fourth-order valence-electron chi connectivity index (χ4n) is 4.42. The van der Waals surface area contributed by atoms with Gasteiger partial charge >= 0.3 is 0 Å². The van der Waals surface area contributed by atoms with Crippen LogP contribution in [-0.2, 0) is 17.6 Å². The molecule has 0 saturated carbocycles. The van der Waals surface area contributed by atoms with Gasteiger partial charge in [-0.15, -0.1) is 0 Å². The van der Waals surface area contributed by atoms with E-state index in [0.29, 0.717) is 6.42 Å². The number of nitrogens with zero attached hydrogens (tertiary/aromatic N) is 2. The van der Waals surface area contributed by atoms with Crippen molar-refractivity contribution in [1.29, 1.82) is 0 Å². The maximum Gasteiger partial charge on any atom is 0.227 e. The van der Waals surface area contributed by atoms with Gasteiger partial charge in [0.1, 0.15) is 5.75 Å². The van der Waals surface area contributed by atoms with Crippen LogP contribution < -0.4 is 4.74 Å². The highest BCUT2D eigenvalue weighted by Gasteiger charge is 2.26. The monoisotopic (exact) mass is 414 g/mol. The molecule has 0 aliphatic carbocycles. The first-order chi connectivity index (χ1) is 15.1. The van der Waals surface area contributed by atoms with Crippen LogP contribution in [0.25, 0.3) is 0 Å². The molecule has 1 amide bonds. The van der Waals surface area contributed by atoms with E-state index in [0.717, 1.165) is 55.1 Å². The van der Waals surface area contributed by atoms with Crippen LogP contribution in [0, 0.1) is 6.92 Å². The van der Waals surface area contributed by atoms with Gasteiger partial charge in [-0.2, -0.15) is 0 Å². The molecule has 1 aliphatic heterocycles. The van der Waals surface area contributed by atoms with E-state index in [9.17, 15) is 4.79 Å². The van der Waals surface area contributed by atoms with Gasteiger partial charge in [0.15, 0.2) is 0 Å². The van der Waals surface area contributed by atoms with Crippen LogP contribution in [-0.4, -0.2) is 36.0 Å². The molecule has 1 aromatic heterocycles. The zero-order valence-electron chi connectivity index (χ0n) is 18.4. The lowest BCUT2D eigenvalue weighted by molar-refractivity contribution is -0.131. The number of amides is 1. The Balaban J connectivity index is 1.46. The summed E-state index contributed by atoms with van der Waals surface area (Å²) in [5, 5.41) is 0. The first-order valence-corrected chi connectivity index (χ1v) is 11.0. The third kappa shape index (κ3) is 5.52. The molecule has 0 spiro atoms. The Labute approximate surface area is 184 Å². The van der Waals surface area contributed by atoms with E-state index in [1.54, 1.807) is 7.11 Å². The van der Waals surface area contributed by atoms with Crippen LogP contribution >= 0.6 is 0 Å². The number of likely N-dealkylation sites (tertiary alicyclic amines) is 1. The van der Waals surface area contributed by atoms with Gasteiger partial charge in [0.05, 0.1) is 13.5 Å². The molecule has 4 nitrogen and oxygen atoms in total. The predicted octanol–water partition coefficient (Wildman–Crippen LogP) is 4.94. The van der Waals surface area contributed by atoms with Crippen molar-refractivity contribution < 1.29 is 9.53 Å². The lowest BCUT2D eigenvalue weighted by atomic mass is 9.92. The van der Waals surface area contributed by atoms with Gasteiger partial charge in [0.25, 0.3) is 0 Å². The third-order valence-corrected chi connectivity index (χ3v) is 5.97. The molecule has 0 radical (unpaired) electrons. The molecule has 0 unspecified atom stereocenters. The quantitative estimate of drug-likeness (QED) is 0.574. The van der Waals surface area contributed by atoms with Crippen molar-refractivity contribution in [2.24, 2.45) is 0 Å². The molecule has 1 fully saturated rings. The smallest absolute Gasteiger partial charge is 0.227 e. The summed E-state index contributed by atoms with van der Waals surface area (Å²) in [5.41, 5.74) is 5.74. The minimum Gasteiger partial charge on any atom is -0.497 e. The molecule has 1 saturated heterocycles. The number of carbonyl (C=O) groups excluding carboxylic acids is 1. The van der Waals surface area contributed by atoms with Gasteiger partial charge in [-0.3, -0.25) is 9.78 Å². The summed E-state index contributed by atoms with van der Waals surface area (Å²) in [6.07, 6.45) is 3.40. The van der Waals surface area contributed by atoms with E-state index in [-0.39, 0.29) is 11.8 Å². The fourth-order valence-corrected chi connectivity index (χ4v) is 4.42. The van der Waals surface area contributed by atoms with E-state index in [1.807, 2.05) is 35.2 Å². The van der Waals surface area contributed by atoms with Gasteiger partial charge in [0, 0.05) is 30.4 Å². The molecule has 2 aromatic carbocycles.